The van der Waals surface area contributed by atoms with Crippen LogP contribution in [-0.4, -0.2) is 29.6 Å². The lowest BCUT2D eigenvalue weighted by Gasteiger charge is -2.19. The van der Waals surface area contributed by atoms with E-state index in [1.165, 1.54) is 20.5 Å². The SMILES string of the molecule is CO/C=C(/C=C(OC)OC)O[Si](C)(C)C. The largest absolute Gasteiger partial charge is 0.542 e. The fourth-order valence-electron chi connectivity index (χ4n) is 0.875. The third kappa shape index (κ3) is 6.90. The van der Waals surface area contributed by atoms with Gasteiger partial charge in [-0.25, -0.2) is 0 Å². The zero-order valence-corrected chi connectivity index (χ0v) is 11.3. The molecule has 0 unspecified atom stereocenters. The summed E-state index contributed by atoms with van der Waals surface area (Å²) in [6.07, 6.45) is 3.18. The van der Waals surface area contributed by atoms with Gasteiger partial charge < -0.3 is 18.6 Å². The minimum absolute atomic E-state index is 0.386. The lowest BCUT2D eigenvalue weighted by atomic mass is 10.5. The van der Waals surface area contributed by atoms with Crippen molar-refractivity contribution in [1.82, 2.24) is 0 Å². The first-order valence-electron chi connectivity index (χ1n) is 4.64. The first kappa shape index (κ1) is 13.9. The van der Waals surface area contributed by atoms with Gasteiger partial charge in [0.2, 0.25) is 8.32 Å². The van der Waals surface area contributed by atoms with Gasteiger partial charge in [0.1, 0.15) is 12.0 Å². The second-order valence-electron chi connectivity index (χ2n) is 3.84. The van der Waals surface area contributed by atoms with E-state index in [0.717, 1.165) is 0 Å². The predicted octanol–water partition coefficient (Wildman–Crippen LogP) is 2.46. The normalized spacial score (nSPS) is 11.7. The van der Waals surface area contributed by atoms with Crippen molar-refractivity contribution in [3.63, 3.8) is 0 Å². The molecule has 0 rings (SSSR count). The molecule has 0 saturated carbocycles. The number of rotatable bonds is 6. The van der Waals surface area contributed by atoms with Gasteiger partial charge in [-0.3, -0.25) is 0 Å². The van der Waals surface area contributed by atoms with Crippen molar-refractivity contribution in [2.24, 2.45) is 0 Å². The molecule has 0 atom stereocenters. The van der Waals surface area contributed by atoms with Crippen molar-refractivity contribution in [3.8, 4) is 0 Å². The monoisotopic (exact) mass is 232 g/mol. The van der Waals surface area contributed by atoms with Crippen LogP contribution < -0.4 is 0 Å². The van der Waals surface area contributed by atoms with E-state index < -0.39 is 8.32 Å². The van der Waals surface area contributed by atoms with Crippen molar-refractivity contribution in [3.05, 3.63) is 24.0 Å². The van der Waals surface area contributed by atoms with E-state index in [9.17, 15) is 0 Å². The Morgan fingerprint density at radius 1 is 1.00 bits per heavy atom. The van der Waals surface area contributed by atoms with Crippen LogP contribution in [0.3, 0.4) is 0 Å². The molecule has 0 saturated heterocycles. The Bertz CT molecular complexity index is 234. The predicted molar refractivity (Wildman–Crippen MR) is 61.6 cm³/mol. The molecule has 0 fully saturated rings. The summed E-state index contributed by atoms with van der Waals surface area (Å²) in [5.41, 5.74) is 0. The van der Waals surface area contributed by atoms with E-state index >= 15 is 0 Å². The van der Waals surface area contributed by atoms with E-state index in [0.29, 0.717) is 11.7 Å². The van der Waals surface area contributed by atoms with Crippen molar-refractivity contribution in [1.29, 1.82) is 0 Å². The maximum absolute atomic E-state index is 5.75. The molecule has 15 heavy (non-hydrogen) atoms. The molecule has 0 radical (unpaired) electrons. The van der Waals surface area contributed by atoms with Crippen LogP contribution in [0.1, 0.15) is 0 Å². The van der Waals surface area contributed by atoms with Gasteiger partial charge in [0, 0.05) is 0 Å². The molecule has 0 spiro atoms. The number of ether oxygens (including phenoxy) is 3. The Morgan fingerprint density at radius 2 is 1.53 bits per heavy atom. The molecule has 88 valence electrons. The van der Waals surface area contributed by atoms with Crippen molar-refractivity contribution < 1.29 is 18.6 Å². The van der Waals surface area contributed by atoms with Crippen LogP contribution in [0.5, 0.6) is 0 Å². The zero-order valence-electron chi connectivity index (χ0n) is 10.3. The van der Waals surface area contributed by atoms with Crippen LogP contribution in [0.25, 0.3) is 0 Å². The lowest BCUT2D eigenvalue weighted by Crippen LogP contribution is -2.24. The quantitative estimate of drug-likeness (QED) is 0.400. The molecule has 0 aliphatic carbocycles. The zero-order chi connectivity index (χ0) is 11.9. The fourth-order valence-corrected chi connectivity index (χ4v) is 1.69. The molecule has 4 nitrogen and oxygen atoms in total. The summed E-state index contributed by atoms with van der Waals surface area (Å²) in [6.45, 7) is 6.26. The standard InChI is InChI=1S/C10H20O4Si/c1-11-8-9(14-15(4,5)6)7-10(12-2)13-3/h7-8H,1-6H3/b9-8-. The Morgan fingerprint density at radius 3 is 1.87 bits per heavy atom. The summed E-state index contributed by atoms with van der Waals surface area (Å²) < 4.78 is 20.6. The summed E-state index contributed by atoms with van der Waals surface area (Å²) in [4.78, 5) is 0. The average Bonchev–Trinajstić information content (AvgIpc) is 2.11. The average molecular weight is 232 g/mol. The molecule has 0 aliphatic heterocycles. The minimum atomic E-state index is -1.65. The highest BCUT2D eigenvalue weighted by atomic mass is 28.4. The van der Waals surface area contributed by atoms with Crippen LogP contribution in [0, 0.1) is 0 Å². The molecular formula is C10H20O4Si. The van der Waals surface area contributed by atoms with Crippen LogP contribution >= 0.6 is 0 Å². The number of methoxy groups -OCH3 is 3. The van der Waals surface area contributed by atoms with Crippen LogP contribution in [0.4, 0.5) is 0 Å². The van der Waals surface area contributed by atoms with Gasteiger partial charge in [-0.1, -0.05) is 0 Å². The maximum atomic E-state index is 5.75. The lowest BCUT2D eigenvalue weighted by molar-refractivity contribution is 0.0938. The van der Waals surface area contributed by atoms with Crippen LogP contribution in [0.15, 0.2) is 24.0 Å². The van der Waals surface area contributed by atoms with E-state index in [-0.39, 0.29) is 0 Å². The minimum Gasteiger partial charge on any atom is -0.542 e. The number of allylic oxidation sites excluding steroid dienone is 1. The molecule has 0 N–H and O–H groups in total. The molecule has 0 heterocycles. The molecular weight excluding hydrogens is 212 g/mol. The summed E-state index contributed by atoms with van der Waals surface area (Å²) in [7, 11) is 2.99. The van der Waals surface area contributed by atoms with Crippen molar-refractivity contribution >= 4 is 8.32 Å². The Kier molecular flexibility index (Phi) is 5.92. The van der Waals surface area contributed by atoms with E-state index in [4.69, 9.17) is 18.6 Å². The molecule has 0 aromatic carbocycles. The summed E-state index contributed by atoms with van der Waals surface area (Å²) in [6, 6.07) is 0. The summed E-state index contributed by atoms with van der Waals surface area (Å²) in [5.74, 6) is 0.993. The maximum Gasteiger partial charge on any atom is 0.282 e. The molecule has 0 bridgehead atoms. The highest BCUT2D eigenvalue weighted by Crippen LogP contribution is 2.13. The first-order valence-corrected chi connectivity index (χ1v) is 8.05. The summed E-state index contributed by atoms with van der Waals surface area (Å²) in [5, 5.41) is 0. The molecule has 0 aliphatic rings. The first-order chi connectivity index (χ1) is 6.92. The van der Waals surface area contributed by atoms with Gasteiger partial charge in [-0.15, -0.1) is 0 Å². The van der Waals surface area contributed by atoms with Gasteiger partial charge in [-0.2, -0.15) is 0 Å². The van der Waals surface area contributed by atoms with E-state index in [1.807, 2.05) is 0 Å². The fraction of sp³-hybridized carbons (Fsp3) is 0.600. The molecule has 0 aromatic heterocycles. The van der Waals surface area contributed by atoms with E-state index in [1.54, 1.807) is 13.2 Å². The molecule has 5 heteroatoms. The van der Waals surface area contributed by atoms with Gasteiger partial charge >= 0.3 is 0 Å². The summed E-state index contributed by atoms with van der Waals surface area (Å²) >= 11 is 0. The van der Waals surface area contributed by atoms with Gasteiger partial charge in [0.25, 0.3) is 5.95 Å². The highest BCUT2D eigenvalue weighted by molar-refractivity contribution is 6.70. The number of hydrogen-bond donors (Lipinski definition) is 0. The van der Waals surface area contributed by atoms with Crippen molar-refractivity contribution in [2.45, 2.75) is 19.6 Å². The Balaban J connectivity index is 4.69. The third-order valence-electron chi connectivity index (χ3n) is 1.32. The number of hydrogen-bond acceptors (Lipinski definition) is 4. The van der Waals surface area contributed by atoms with Crippen LogP contribution in [0.2, 0.25) is 19.6 Å². The van der Waals surface area contributed by atoms with Crippen molar-refractivity contribution in [2.75, 3.05) is 21.3 Å². The smallest absolute Gasteiger partial charge is 0.282 e. The highest BCUT2D eigenvalue weighted by Gasteiger charge is 2.17. The second-order valence-corrected chi connectivity index (χ2v) is 8.27. The van der Waals surface area contributed by atoms with Crippen LogP contribution in [-0.2, 0) is 18.6 Å². The molecule has 0 aromatic rings. The molecule has 0 amide bonds. The van der Waals surface area contributed by atoms with Gasteiger partial charge in [0.15, 0.2) is 0 Å². The van der Waals surface area contributed by atoms with Gasteiger partial charge in [0.05, 0.1) is 27.4 Å². The topological polar surface area (TPSA) is 36.9 Å². The van der Waals surface area contributed by atoms with E-state index in [2.05, 4.69) is 19.6 Å². The Labute approximate surface area is 92.6 Å². The van der Waals surface area contributed by atoms with Gasteiger partial charge in [-0.05, 0) is 19.6 Å². The second kappa shape index (κ2) is 6.39. The Hall–Kier alpha value is -1.10. The third-order valence-corrected chi connectivity index (χ3v) is 2.17.